The Bertz CT molecular complexity index is 855. The molecule has 0 radical (unpaired) electrons. The van der Waals surface area contributed by atoms with E-state index in [0.29, 0.717) is 24.1 Å². The Morgan fingerprint density at radius 1 is 1.25 bits per heavy atom. The molecular formula is C18H17N3O3. The monoisotopic (exact) mass is 323 g/mol. The number of aromatic nitrogens is 2. The second-order valence-corrected chi connectivity index (χ2v) is 7.02. The van der Waals surface area contributed by atoms with E-state index >= 15 is 0 Å². The van der Waals surface area contributed by atoms with E-state index in [1.165, 1.54) is 10.5 Å². The lowest BCUT2D eigenvalue weighted by Crippen LogP contribution is -2.36. The highest BCUT2D eigenvalue weighted by Gasteiger charge is 2.55. The van der Waals surface area contributed by atoms with Crippen LogP contribution in [-0.2, 0) is 28.0 Å². The SMILES string of the molecule is O=C1CC2(CCc3ccccc32)C(=O)N1Cc1nc(C2CC2)no1. The van der Waals surface area contributed by atoms with Gasteiger partial charge in [-0.2, -0.15) is 4.98 Å². The van der Waals surface area contributed by atoms with Gasteiger partial charge in [-0.05, 0) is 36.8 Å². The normalized spacial score (nSPS) is 25.8. The molecule has 2 heterocycles. The van der Waals surface area contributed by atoms with Crippen molar-refractivity contribution in [1.82, 2.24) is 15.0 Å². The number of hydrogen-bond donors (Lipinski definition) is 0. The quantitative estimate of drug-likeness (QED) is 0.808. The fourth-order valence-electron chi connectivity index (χ4n) is 4.03. The summed E-state index contributed by atoms with van der Waals surface area (Å²) in [5.41, 5.74) is 1.50. The van der Waals surface area contributed by atoms with Crippen LogP contribution < -0.4 is 0 Å². The van der Waals surface area contributed by atoms with Crippen molar-refractivity contribution in [2.45, 2.75) is 50.0 Å². The average molecular weight is 323 g/mol. The Kier molecular flexibility index (Phi) is 2.75. The van der Waals surface area contributed by atoms with Gasteiger partial charge in [0.2, 0.25) is 17.7 Å². The second-order valence-electron chi connectivity index (χ2n) is 7.02. The third-order valence-corrected chi connectivity index (χ3v) is 5.48. The Morgan fingerprint density at radius 3 is 2.92 bits per heavy atom. The van der Waals surface area contributed by atoms with Crippen molar-refractivity contribution < 1.29 is 14.1 Å². The molecule has 2 amide bonds. The predicted molar refractivity (Wildman–Crippen MR) is 82.9 cm³/mol. The van der Waals surface area contributed by atoms with Crippen molar-refractivity contribution in [3.63, 3.8) is 0 Å². The molecule has 24 heavy (non-hydrogen) atoms. The number of rotatable bonds is 3. The van der Waals surface area contributed by atoms with Gasteiger partial charge in [-0.15, -0.1) is 0 Å². The summed E-state index contributed by atoms with van der Waals surface area (Å²) >= 11 is 0. The smallest absolute Gasteiger partial charge is 0.246 e. The molecule has 1 saturated carbocycles. The summed E-state index contributed by atoms with van der Waals surface area (Å²) in [6.07, 6.45) is 3.95. The van der Waals surface area contributed by atoms with Gasteiger partial charge < -0.3 is 4.52 Å². The molecule has 1 spiro atoms. The zero-order valence-corrected chi connectivity index (χ0v) is 13.2. The summed E-state index contributed by atoms with van der Waals surface area (Å²) < 4.78 is 5.24. The standard InChI is InChI=1S/C18H17N3O3/c22-15-9-18(8-7-11-3-1-2-4-13(11)18)17(23)21(15)10-14-19-16(20-24-14)12-5-6-12/h1-4,12H,5-10H2. The zero-order chi connectivity index (χ0) is 16.3. The molecule has 2 aliphatic carbocycles. The maximum atomic E-state index is 13.1. The molecule has 5 rings (SSSR count). The van der Waals surface area contributed by atoms with Crippen molar-refractivity contribution in [3.8, 4) is 0 Å². The van der Waals surface area contributed by atoms with E-state index in [9.17, 15) is 9.59 Å². The number of imide groups is 1. The lowest BCUT2D eigenvalue weighted by atomic mass is 9.80. The summed E-state index contributed by atoms with van der Waals surface area (Å²) in [6.45, 7) is 0.0846. The first kappa shape index (κ1) is 13.9. The van der Waals surface area contributed by atoms with Crippen LogP contribution in [0.2, 0.25) is 0 Å². The van der Waals surface area contributed by atoms with Gasteiger partial charge in [0.05, 0.1) is 5.41 Å². The van der Waals surface area contributed by atoms with E-state index in [0.717, 1.165) is 24.8 Å². The molecule has 0 bridgehead atoms. The maximum Gasteiger partial charge on any atom is 0.246 e. The number of fused-ring (bicyclic) bond motifs is 2. The fraction of sp³-hybridized carbons (Fsp3) is 0.444. The number of nitrogens with zero attached hydrogens (tertiary/aromatic N) is 3. The van der Waals surface area contributed by atoms with Gasteiger partial charge in [0.1, 0.15) is 6.54 Å². The maximum absolute atomic E-state index is 13.1. The van der Waals surface area contributed by atoms with Crippen molar-refractivity contribution in [2.75, 3.05) is 0 Å². The van der Waals surface area contributed by atoms with Crippen LogP contribution in [0.15, 0.2) is 28.8 Å². The number of aryl methyl sites for hydroxylation is 1. The summed E-state index contributed by atoms with van der Waals surface area (Å²) in [5.74, 6) is 1.17. The zero-order valence-electron chi connectivity index (χ0n) is 13.2. The molecule has 1 aromatic carbocycles. The fourth-order valence-corrected chi connectivity index (χ4v) is 4.03. The molecule has 122 valence electrons. The average Bonchev–Trinajstić information content (AvgIpc) is 3.15. The van der Waals surface area contributed by atoms with Gasteiger partial charge in [-0.1, -0.05) is 29.4 Å². The lowest BCUT2D eigenvalue weighted by molar-refractivity contribution is -0.141. The Hall–Kier alpha value is -2.50. The minimum Gasteiger partial charge on any atom is -0.337 e. The van der Waals surface area contributed by atoms with E-state index in [4.69, 9.17) is 4.52 Å². The van der Waals surface area contributed by atoms with Crippen LogP contribution in [0.1, 0.15) is 54.4 Å². The van der Waals surface area contributed by atoms with Crippen molar-refractivity contribution >= 4 is 11.8 Å². The van der Waals surface area contributed by atoms with Crippen molar-refractivity contribution in [2.24, 2.45) is 0 Å². The first-order valence-corrected chi connectivity index (χ1v) is 8.43. The summed E-state index contributed by atoms with van der Waals surface area (Å²) in [5, 5.41) is 3.96. The van der Waals surface area contributed by atoms with E-state index in [1.807, 2.05) is 24.3 Å². The molecule has 1 aliphatic heterocycles. The third-order valence-electron chi connectivity index (χ3n) is 5.48. The van der Waals surface area contributed by atoms with Gasteiger partial charge >= 0.3 is 0 Å². The van der Waals surface area contributed by atoms with Gasteiger partial charge in [0.15, 0.2) is 5.82 Å². The van der Waals surface area contributed by atoms with E-state index in [2.05, 4.69) is 10.1 Å². The molecule has 6 heteroatoms. The van der Waals surface area contributed by atoms with Gasteiger partial charge in [0.25, 0.3) is 0 Å². The molecule has 1 saturated heterocycles. The van der Waals surface area contributed by atoms with Crippen LogP contribution in [0.3, 0.4) is 0 Å². The molecule has 1 unspecified atom stereocenters. The molecule has 2 aromatic rings. The molecule has 6 nitrogen and oxygen atoms in total. The molecule has 1 atom stereocenters. The molecule has 3 aliphatic rings. The predicted octanol–water partition coefficient (Wildman–Crippen LogP) is 2.09. The summed E-state index contributed by atoms with van der Waals surface area (Å²) in [4.78, 5) is 31.2. The van der Waals surface area contributed by atoms with Gasteiger partial charge in [-0.25, -0.2) is 0 Å². The third kappa shape index (κ3) is 1.89. The minimum absolute atomic E-state index is 0.0846. The molecule has 2 fully saturated rings. The van der Waals surface area contributed by atoms with Crippen LogP contribution in [0.4, 0.5) is 0 Å². The highest BCUT2D eigenvalue weighted by atomic mass is 16.5. The van der Waals surface area contributed by atoms with E-state index in [1.54, 1.807) is 0 Å². The number of amides is 2. The summed E-state index contributed by atoms with van der Waals surface area (Å²) in [7, 11) is 0. The van der Waals surface area contributed by atoms with Crippen LogP contribution in [-0.4, -0.2) is 26.9 Å². The second kappa shape index (κ2) is 4.75. The van der Waals surface area contributed by atoms with E-state index in [-0.39, 0.29) is 24.8 Å². The number of hydrogen-bond acceptors (Lipinski definition) is 5. The molecule has 1 aromatic heterocycles. The first-order chi connectivity index (χ1) is 11.7. The van der Waals surface area contributed by atoms with Crippen LogP contribution >= 0.6 is 0 Å². The van der Waals surface area contributed by atoms with E-state index < -0.39 is 5.41 Å². The van der Waals surface area contributed by atoms with Crippen molar-refractivity contribution in [3.05, 3.63) is 47.1 Å². The number of benzene rings is 1. The number of likely N-dealkylation sites (tertiary alicyclic amines) is 1. The van der Waals surface area contributed by atoms with Gasteiger partial charge in [-0.3, -0.25) is 14.5 Å². The van der Waals surface area contributed by atoms with Gasteiger partial charge in [0, 0.05) is 12.3 Å². The summed E-state index contributed by atoms with van der Waals surface area (Å²) in [6, 6.07) is 7.94. The van der Waals surface area contributed by atoms with Crippen LogP contribution in [0.5, 0.6) is 0 Å². The van der Waals surface area contributed by atoms with Crippen LogP contribution in [0, 0.1) is 0 Å². The number of carbonyl (C=O) groups is 2. The van der Waals surface area contributed by atoms with Crippen molar-refractivity contribution in [1.29, 1.82) is 0 Å². The topological polar surface area (TPSA) is 76.3 Å². The molecule has 0 N–H and O–H groups in total. The largest absolute Gasteiger partial charge is 0.337 e. The number of carbonyl (C=O) groups excluding carboxylic acids is 2. The molecular weight excluding hydrogens is 306 g/mol. The first-order valence-electron chi connectivity index (χ1n) is 8.43. The lowest BCUT2D eigenvalue weighted by Gasteiger charge is -2.22. The highest BCUT2D eigenvalue weighted by Crippen LogP contribution is 2.47. The Balaban J connectivity index is 1.44. The highest BCUT2D eigenvalue weighted by molar-refractivity contribution is 6.09. The minimum atomic E-state index is -0.687. The Morgan fingerprint density at radius 2 is 2.08 bits per heavy atom. The van der Waals surface area contributed by atoms with Crippen LogP contribution in [0.25, 0.3) is 0 Å². The Labute approximate surface area is 138 Å².